The van der Waals surface area contributed by atoms with Crippen molar-refractivity contribution in [3.63, 3.8) is 0 Å². The summed E-state index contributed by atoms with van der Waals surface area (Å²) in [7, 11) is -0.868. The van der Waals surface area contributed by atoms with Crippen molar-refractivity contribution in [3.8, 4) is 11.5 Å². The van der Waals surface area contributed by atoms with Crippen LogP contribution < -0.4 is 14.2 Å². The molecule has 0 spiro atoms. The van der Waals surface area contributed by atoms with E-state index in [-0.39, 0.29) is 10.7 Å². The molecular formula is C13H13ClN2O4S. The van der Waals surface area contributed by atoms with E-state index in [9.17, 15) is 8.42 Å². The van der Waals surface area contributed by atoms with Crippen molar-refractivity contribution >= 4 is 27.4 Å². The van der Waals surface area contributed by atoms with E-state index >= 15 is 0 Å². The molecule has 0 bridgehead atoms. The average molecular weight is 329 g/mol. The van der Waals surface area contributed by atoms with Gasteiger partial charge in [-0.15, -0.1) is 0 Å². The standard InChI is InChI=1S/C13H13ClN2O4S/c1-19-11-5-4-10(7-12(11)20-2)21(17,18)16-13-6-3-9(14)8-15-13/h3-8H,1-2H3,(H,15,16). The van der Waals surface area contributed by atoms with Gasteiger partial charge in [0, 0.05) is 12.3 Å². The van der Waals surface area contributed by atoms with Gasteiger partial charge >= 0.3 is 0 Å². The van der Waals surface area contributed by atoms with E-state index in [0.717, 1.165) is 0 Å². The first-order valence-corrected chi connectivity index (χ1v) is 7.69. The number of anilines is 1. The molecule has 0 radical (unpaired) electrons. The minimum atomic E-state index is -3.77. The second kappa shape index (κ2) is 6.19. The zero-order valence-corrected chi connectivity index (χ0v) is 12.9. The monoisotopic (exact) mass is 328 g/mol. The molecule has 1 heterocycles. The third-order valence-electron chi connectivity index (χ3n) is 2.63. The van der Waals surface area contributed by atoms with Crippen LogP contribution in [-0.4, -0.2) is 27.6 Å². The van der Waals surface area contributed by atoms with Crippen molar-refractivity contribution in [3.05, 3.63) is 41.6 Å². The molecule has 8 heteroatoms. The molecule has 0 aliphatic rings. The number of aromatic nitrogens is 1. The van der Waals surface area contributed by atoms with E-state index < -0.39 is 10.0 Å². The maximum absolute atomic E-state index is 12.3. The van der Waals surface area contributed by atoms with E-state index in [4.69, 9.17) is 21.1 Å². The molecule has 0 amide bonds. The summed E-state index contributed by atoms with van der Waals surface area (Å²) >= 11 is 5.70. The van der Waals surface area contributed by atoms with Gasteiger partial charge in [0.25, 0.3) is 10.0 Å². The summed E-state index contributed by atoms with van der Waals surface area (Å²) in [6.07, 6.45) is 1.36. The first-order chi connectivity index (χ1) is 9.96. The Morgan fingerprint density at radius 2 is 1.81 bits per heavy atom. The van der Waals surface area contributed by atoms with E-state index in [1.54, 1.807) is 6.07 Å². The summed E-state index contributed by atoms with van der Waals surface area (Å²) in [6, 6.07) is 7.32. The molecule has 112 valence electrons. The van der Waals surface area contributed by atoms with E-state index in [1.807, 2.05) is 0 Å². The van der Waals surface area contributed by atoms with E-state index in [2.05, 4.69) is 9.71 Å². The Kier molecular flexibility index (Phi) is 4.54. The highest BCUT2D eigenvalue weighted by molar-refractivity contribution is 7.92. The normalized spacial score (nSPS) is 11.0. The third-order valence-corrected chi connectivity index (χ3v) is 4.21. The predicted octanol–water partition coefficient (Wildman–Crippen LogP) is 2.55. The number of nitrogens with one attached hydrogen (secondary N) is 1. The molecule has 0 saturated carbocycles. The number of ether oxygens (including phenoxy) is 2. The summed E-state index contributed by atoms with van der Waals surface area (Å²) in [5.41, 5.74) is 0. The highest BCUT2D eigenvalue weighted by Gasteiger charge is 2.17. The maximum atomic E-state index is 12.3. The number of hydrogen-bond acceptors (Lipinski definition) is 5. The number of halogens is 1. The maximum Gasteiger partial charge on any atom is 0.263 e. The lowest BCUT2D eigenvalue weighted by Gasteiger charge is -2.11. The Morgan fingerprint density at radius 1 is 1.10 bits per heavy atom. The van der Waals surface area contributed by atoms with Gasteiger partial charge in [-0.2, -0.15) is 0 Å². The van der Waals surface area contributed by atoms with Gasteiger partial charge in [0.15, 0.2) is 11.5 Å². The summed E-state index contributed by atoms with van der Waals surface area (Å²) in [6.45, 7) is 0. The smallest absolute Gasteiger partial charge is 0.263 e. The minimum absolute atomic E-state index is 0.0388. The first-order valence-electron chi connectivity index (χ1n) is 5.82. The fourth-order valence-corrected chi connectivity index (χ4v) is 2.75. The summed E-state index contributed by atoms with van der Waals surface area (Å²) in [5.74, 6) is 0.944. The van der Waals surface area contributed by atoms with Gasteiger partial charge in [0.2, 0.25) is 0 Å². The zero-order chi connectivity index (χ0) is 15.5. The SMILES string of the molecule is COc1ccc(S(=O)(=O)Nc2ccc(Cl)cn2)cc1OC. The number of sulfonamides is 1. The zero-order valence-electron chi connectivity index (χ0n) is 11.3. The number of benzene rings is 1. The van der Waals surface area contributed by atoms with Crippen LogP contribution in [0.2, 0.25) is 5.02 Å². The van der Waals surface area contributed by atoms with Crippen LogP contribution in [0.25, 0.3) is 0 Å². The summed E-state index contributed by atoms with van der Waals surface area (Å²) in [4.78, 5) is 3.93. The summed E-state index contributed by atoms with van der Waals surface area (Å²) in [5, 5.41) is 0.420. The van der Waals surface area contributed by atoms with Crippen LogP contribution in [0.1, 0.15) is 0 Å². The second-order valence-corrected chi connectivity index (χ2v) is 6.10. The van der Waals surface area contributed by atoms with Crippen LogP contribution in [-0.2, 0) is 10.0 Å². The van der Waals surface area contributed by atoms with Crippen LogP contribution in [0.3, 0.4) is 0 Å². The predicted molar refractivity (Wildman–Crippen MR) is 79.6 cm³/mol. The van der Waals surface area contributed by atoms with Gasteiger partial charge in [-0.3, -0.25) is 4.72 Å². The number of nitrogens with zero attached hydrogens (tertiary/aromatic N) is 1. The van der Waals surface area contributed by atoms with Crippen LogP contribution in [0, 0.1) is 0 Å². The molecule has 1 N–H and O–H groups in total. The van der Waals surface area contributed by atoms with Crippen molar-refractivity contribution in [1.29, 1.82) is 0 Å². The van der Waals surface area contributed by atoms with Crippen molar-refractivity contribution in [2.75, 3.05) is 18.9 Å². The van der Waals surface area contributed by atoms with Crippen molar-refractivity contribution in [2.45, 2.75) is 4.90 Å². The summed E-state index contributed by atoms with van der Waals surface area (Å²) < 4.78 is 37.1. The quantitative estimate of drug-likeness (QED) is 0.912. The minimum Gasteiger partial charge on any atom is -0.493 e. The highest BCUT2D eigenvalue weighted by Crippen LogP contribution is 2.30. The molecule has 1 aromatic heterocycles. The molecule has 2 aromatic rings. The molecule has 21 heavy (non-hydrogen) atoms. The Bertz CT molecular complexity index is 732. The fraction of sp³-hybridized carbons (Fsp3) is 0.154. The van der Waals surface area contributed by atoms with Crippen molar-refractivity contribution < 1.29 is 17.9 Å². The van der Waals surface area contributed by atoms with E-state index in [0.29, 0.717) is 16.5 Å². The Balaban J connectivity index is 2.33. The molecule has 1 aromatic carbocycles. The topological polar surface area (TPSA) is 77.5 Å². The molecule has 0 atom stereocenters. The van der Waals surface area contributed by atoms with Crippen LogP contribution in [0.5, 0.6) is 11.5 Å². The van der Waals surface area contributed by atoms with E-state index in [1.165, 1.54) is 44.7 Å². The van der Waals surface area contributed by atoms with Crippen molar-refractivity contribution in [2.24, 2.45) is 0 Å². The van der Waals surface area contributed by atoms with Gasteiger partial charge < -0.3 is 9.47 Å². The van der Waals surface area contributed by atoms with Gasteiger partial charge in [-0.1, -0.05) is 11.6 Å². The molecule has 0 unspecified atom stereocenters. The number of pyridine rings is 1. The van der Waals surface area contributed by atoms with Gasteiger partial charge in [-0.05, 0) is 24.3 Å². The largest absolute Gasteiger partial charge is 0.493 e. The Hall–Kier alpha value is -1.99. The number of methoxy groups -OCH3 is 2. The molecule has 0 aliphatic heterocycles. The molecule has 2 rings (SSSR count). The Labute approximate surface area is 127 Å². The lowest BCUT2D eigenvalue weighted by atomic mass is 10.3. The van der Waals surface area contributed by atoms with Crippen molar-refractivity contribution in [1.82, 2.24) is 4.98 Å². The molecule has 6 nitrogen and oxygen atoms in total. The number of rotatable bonds is 5. The van der Waals surface area contributed by atoms with Gasteiger partial charge in [-0.25, -0.2) is 13.4 Å². The Morgan fingerprint density at radius 3 is 2.38 bits per heavy atom. The highest BCUT2D eigenvalue weighted by atomic mass is 35.5. The van der Waals surface area contributed by atoms with Crippen LogP contribution in [0.15, 0.2) is 41.4 Å². The lowest BCUT2D eigenvalue weighted by Crippen LogP contribution is -2.14. The second-order valence-electron chi connectivity index (χ2n) is 3.98. The molecule has 0 aliphatic carbocycles. The van der Waals surface area contributed by atoms with Gasteiger partial charge in [0.1, 0.15) is 5.82 Å². The lowest BCUT2D eigenvalue weighted by molar-refractivity contribution is 0.354. The fourth-order valence-electron chi connectivity index (χ4n) is 1.62. The molecular weight excluding hydrogens is 316 g/mol. The van der Waals surface area contributed by atoms with Crippen LogP contribution >= 0.6 is 11.6 Å². The first kappa shape index (κ1) is 15.4. The average Bonchev–Trinajstić information content (AvgIpc) is 2.48. The number of hydrogen-bond donors (Lipinski definition) is 1. The molecule has 0 fully saturated rings. The van der Waals surface area contributed by atoms with Crippen LogP contribution in [0.4, 0.5) is 5.82 Å². The van der Waals surface area contributed by atoms with Gasteiger partial charge in [0.05, 0.1) is 24.1 Å². The molecule has 0 saturated heterocycles. The third kappa shape index (κ3) is 3.56.